The molecular weight excluding hydrogens is 243 g/mol. The van der Waals surface area contributed by atoms with Gasteiger partial charge in [-0.25, -0.2) is 8.78 Å². The van der Waals surface area contributed by atoms with Gasteiger partial charge in [-0.15, -0.1) is 17.7 Å². The topological polar surface area (TPSA) is 0 Å². The first-order valence-electron chi connectivity index (χ1n) is 2.44. The second-order valence-electron chi connectivity index (χ2n) is 1.69. The molecule has 0 aliphatic rings. The van der Waals surface area contributed by atoms with Crippen LogP contribution in [0.1, 0.15) is 0 Å². The van der Waals surface area contributed by atoms with Gasteiger partial charge in [-0.1, -0.05) is 0 Å². The molecule has 0 saturated heterocycles. The third kappa shape index (κ3) is 3.16. The van der Waals surface area contributed by atoms with E-state index < -0.39 is 28.3 Å². The monoisotopic (exact) mass is 242 g/mol. The Balaban J connectivity index is 0. The van der Waals surface area contributed by atoms with Gasteiger partial charge in [0.1, 0.15) is 0 Å². The number of halogens is 6. The Labute approximate surface area is 98.8 Å². The van der Waals surface area contributed by atoms with Crippen LogP contribution in [0.5, 0.6) is 0 Å². The van der Waals surface area contributed by atoms with Gasteiger partial charge in [-0.2, -0.15) is 0 Å². The third-order valence-corrected chi connectivity index (χ3v) is 1.32. The predicted molar refractivity (Wildman–Crippen MR) is 35.9 cm³/mol. The molecule has 1 rings (SSSR count). The molecule has 0 aliphatic carbocycles. The zero-order chi connectivity index (χ0) is 8.59. The molecule has 0 radical (unpaired) electrons. The first kappa shape index (κ1) is 15.7. The van der Waals surface area contributed by atoms with Crippen molar-refractivity contribution in [2.24, 2.45) is 0 Å². The van der Waals surface area contributed by atoms with Gasteiger partial charge in [0.25, 0.3) is 0 Å². The minimum atomic E-state index is -1.63. The van der Waals surface area contributed by atoms with E-state index in [1.165, 1.54) is 6.07 Å². The van der Waals surface area contributed by atoms with E-state index in [1.54, 1.807) is 0 Å². The standard InChI is InChI=1S/C6ClF4.ClH.Mg/c7-4-5(10)2(8)1-3(9)6(4)11;;/h;1H;/q-1;;+2/p-1. The third-order valence-electron chi connectivity index (χ3n) is 0.990. The molecule has 0 unspecified atom stereocenters. The fourth-order valence-corrected chi connectivity index (χ4v) is 0.661. The summed E-state index contributed by atoms with van der Waals surface area (Å²) in [5.41, 5.74) is 0. The van der Waals surface area contributed by atoms with Gasteiger partial charge in [0.2, 0.25) is 0 Å². The largest absolute Gasteiger partial charge is 2.00 e. The Morgan fingerprint density at radius 1 is 0.923 bits per heavy atom. The average molecular weight is 243 g/mol. The van der Waals surface area contributed by atoms with Crippen molar-refractivity contribution < 1.29 is 30.0 Å². The second kappa shape index (κ2) is 5.90. The van der Waals surface area contributed by atoms with Gasteiger partial charge in [-0.3, -0.25) is 8.78 Å². The molecule has 0 aromatic heterocycles. The van der Waals surface area contributed by atoms with E-state index in [2.05, 4.69) is 0 Å². The molecule has 0 saturated carbocycles. The summed E-state index contributed by atoms with van der Waals surface area (Å²) < 4.78 is 48.7. The van der Waals surface area contributed by atoms with Crippen molar-refractivity contribution in [3.05, 3.63) is 34.4 Å². The van der Waals surface area contributed by atoms with Crippen molar-refractivity contribution in [2.45, 2.75) is 0 Å². The molecular formula is C6Cl2F4Mg. The average Bonchev–Trinajstić information content (AvgIpc) is 1.97. The van der Waals surface area contributed by atoms with Gasteiger partial charge in [-0.05, 0) is 0 Å². The zero-order valence-electron chi connectivity index (χ0n) is 5.97. The van der Waals surface area contributed by atoms with Crippen molar-refractivity contribution in [3.63, 3.8) is 0 Å². The maximum Gasteiger partial charge on any atom is 2.00 e. The maximum absolute atomic E-state index is 12.2. The summed E-state index contributed by atoms with van der Waals surface area (Å²) in [5.74, 6) is -6.53. The number of hydrogen-bond donors (Lipinski definition) is 0. The van der Waals surface area contributed by atoms with E-state index in [9.17, 15) is 17.6 Å². The number of benzene rings is 1. The zero-order valence-corrected chi connectivity index (χ0v) is 8.90. The summed E-state index contributed by atoms with van der Waals surface area (Å²) in [6, 6.07) is 1.18. The van der Waals surface area contributed by atoms with Crippen LogP contribution in [0, 0.1) is 29.3 Å². The summed E-state index contributed by atoms with van der Waals surface area (Å²) in [7, 11) is 0. The van der Waals surface area contributed by atoms with Gasteiger partial charge in [0.05, 0.1) is 11.6 Å². The molecule has 68 valence electrons. The minimum absolute atomic E-state index is 0. The number of hydrogen-bond acceptors (Lipinski definition) is 0. The summed E-state index contributed by atoms with van der Waals surface area (Å²) in [5, 5.41) is -1.20. The van der Waals surface area contributed by atoms with Crippen LogP contribution in [0.4, 0.5) is 17.6 Å². The molecule has 1 aromatic rings. The van der Waals surface area contributed by atoms with Gasteiger partial charge >= 0.3 is 23.1 Å². The molecule has 0 spiro atoms. The Hall–Kier alpha value is 0.286. The molecule has 0 atom stereocenters. The molecule has 0 amide bonds. The molecule has 0 N–H and O–H groups in total. The van der Waals surface area contributed by atoms with Crippen molar-refractivity contribution >= 4 is 34.7 Å². The summed E-state index contributed by atoms with van der Waals surface area (Å²) in [6.07, 6.45) is 0. The molecule has 0 aliphatic heterocycles. The molecule has 7 heteroatoms. The van der Waals surface area contributed by atoms with E-state index >= 15 is 0 Å². The van der Waals surface area contributed by atoms with Crippen LogP contribution in [0.25, 0.3) is 0 Å². The summed E-state index contributed by atoms with van der Waals surface area (Å²) in [4.78, 5) is 0. The molecule has 0 nitrogen and oxygen atoms in total. The van der Waals surface area contributed by atoms with E-state index in [0.717, 1.165) is 0 Å². The molecule has 0 fully saturated rings. The predicted octanol–water partition coefficient (Wildman–Crippen LogP) is -0.680. The van der Waals surface area contributed by atoms with Gasteiger partial charge in [0.15, 0.2) is 0 Å². The normalized spacial score (nSPS) is 8.69. The van der Waals surface area contributed by atoms with Crippen LogP contribution >= 0.6 is 11.6 Å². The van der Waals surface area contributed by atoms with Crippen molar-refractivity contribution in [1.82, 2.24) is 0 Å². The van der Waals surface area contributed by atoms with E-state index in [1.807, 2.05) is 0 Å². The summed E-state index contributed by atoms with van der Waals surface area (Å²) >= 11 is 4.84. The Morgan fingerprint density at radius 3 is 1.54 bits per heavy atom. The van der Waals surface area contributed by atoms with Crippen molar-refractivity contribution in [3.8, 4) is 0 Å². The maximum atomic E-state index is 12.2. The molecule has 0 heterocycles. The fraction of sp³-hybridized carbons (Fsp3) is 0. The first-order chi connectivity index (χ1) is 5.04. The fourth-order valence-electron chi connectivity index (χ4n) is 0.495. The quantitative estimate of drug-likeness (QED) is 0.186. The van der Waals surface area contributed by atoms with E-state index in [0.29, 0.717) is 0 Å². The van der Waals surface area contributed by atoms with Gasteiger partial charge in [0, 0.05) is 16.7 Å². The second-order valence-corrected chi connectivity index (χ2v) is 2.07. The van der Waals surface area contributed by atoms with Crippen LogP contribution < -0.4 is 12.4 Å². The van der Waals surface area contributed by atoms with Crippen LogP contribution in [-0.4, -0.2) is 23.1 Å². The molecule has 0 bridgehead atoms. The summed E-state index contributed by atoms with van der Waals surface area (Å²) in [6.45, 7) is 0. The Kier molecular flexibility index (Phi) is 7.15. The smallest absolute Gasteiger partial charge is 1.00 e. The van der Waals surface area contributed by atoms with Gasteiger partial charge < -0.3 is 12.4 Å². The van der Waals surface area contributed by atoms with Crippen molar-refractivity contribution in [2.75, 3.05) is 0 Å². The van der Waals surface area contributed by atoms with Crippen molar-refractivity contribution in [1.29, 1.82) is 0 Å². The number of rotatable bonds is 0. The minimum Gasteiger partial charge on any atom is -1.00 e. The van der Waals surface area contributed by atoms with E-state index in [-0.39, 0.29) is 35.5 Å². The Bertz CT molecular complexity index is 279. The Morgan fingerprint density at radius 2 is 1.23 bits per heavy atom. The van der Waals surface area contributed by atoms with Crippen LogP contribution in [0.2, 0.25) is 5.02 Å². The molecule has 1 aromatic carbocycles. The molecule has 13 heavy (non-hydrogen) atoms. The SMILES string of the molecule is Fc1[c-]c(F)c(F)c(Cl)c1F.[Cl-].[Mg+2]. The first-order valence-corrected chi connectivity index (χ1v) is 2.82. The van der Waals surface area contributed by atoms with Crippen LogP contribution in [0.3, 0.4) is 0 Å². The van der Waals surface area contributed by atoms with Crippen LogP contribution in [-0.2, 0) is 0 Å². The van der Waals surface area contributed by atoms with Crippen LogP contribution in [0.15, 0.2) is 0 Å². The van der Waals surface area contributed by atoms with E-state index in [4.69, 9.17) is 11.6 Å².